The molecule has 4 aromatic heterocycles. The summed E-state index contributed by atoms with van der Waals surface area (Å²) in [4.78, 5) is 51.1. The van der Waals surface area contributed by atoms with Gasteiger partial charge in [-0.1, -0.05) is 72.8 Å². The first-order chi connectivity index (χ1) is 24.4. The van der Waals surface area contributed by atoms with Crippen molar-refractivity contribution in [3.63, 3.8) is 0 Å². The van der Waals surface area contributed by atoms with E-state index < -0.39 is 44.3 Å². The summed E-state index contributed by atoms with van der Waals surface area (Å²) in [5, 5.41) is 26.3. The smallest absolute Gasteiger partial charge is 0.323 e. The molecule has 4 N–H and O–H groups in total. The molecule has 0 aliphatic rings. The van der Waals surface area contributed by atoms with Gasteiger partial charge in [-0.25, -0.2) is 9.97 Å². The van der Waals surface area contributed by atoms with Gasteiger partial charge in [0, 0.05) is 35.9 Å². The van der Waals surface area contributed by atoms with E-state index in [1.807, 2.05) is 0 Å². The number of aromatic nitrogens is 6. The van der Waals surface area contributed by atoms with E-state index in [2.05, 4.69) is 40.5 Å². The maximum Gasteiger partial charge on any atom is 0.323 e. The van der Waals surface area contributed by atoms with Gasteiger partial charge in [-0.15, -0.1) is 0 Å². The highest BCUT2D eigenvalue weighted by atomic mass is 31.1. The average molecular weight is 691 g/mol. The van der Waals surface area contributed by atoms with E-state index in [9.17, 15) is 24.4 Å². The minimum absolute atomic E-state index is 0.104. The Labute approximate surface area is 285 Å². The lowest BCUT2D eigenvalue weighted by molar-refractivity contribution is 0.0691. The normalized spacial score (nSPS) is 12.7. The fourth-order valence-electron chi connectivity index (χ4n) is 4.53. The van der Waals surface area contributed by atoms with Crippen molar-refractivity contribution in [3.05, 3.63) is 144 Å². The van der Waals surface area contributed by atoms with Crippen molar-refractivity contribution < 1.29 is 33.4 Å². The Morgan fingerprint density at radius 3 is 1.34 bits per heavy atom. The first kappa shape index (κ1) is 33.5. The number of hydrogen-bond donors (Lipinski definition) is 4. The highest BCUT2D eigenvalue weighted by Gasteiger charge is 2.26. The van der Waals surface area contributed by atoms with Gasteiger partial charge in [-0.05, 0) is 24.3 Å². The Morgan fingerprint density at radius 2 is 0.980 bits per heavy atom. The van der Waals surface area contributed by atoms with Crippen LogP contribution < -0.4 is 10.6 Å². The Hall–Kier alpha value is -6.41. The van der Waals surface area contributed by atoms with E-state index in [1.165, 1.54) is 12.4 Å². The third kappa shape index (κ3) is 8.17. The summed E-state index contributed by atoms with van der Waals surface area (Å²) in [7, 11) is -3.52. The molecule has 0 spiro atoms. The van der Waals surface area contributed by atoms with Gasteiger partial charge in [0.2, 0.25) is 11.8 Å². The van der Waals surface area contributed by atoms with E-state index in [-0.39, 0.29) is 22.8 Å². The summed E-state index contributed by atoms with van der Waals surface area (Å²) in [5.74, 6) is -2.69. The van der Waals surface area contributed by atoms with Crippen LogP contribution in [-0.2, 0) is 13.6 Å². The average Bonchev–Trinajstić information content (AvgIpc) is 3.15. The lowest BCUT2D eigenvalue weighted by atomic mass is 10.2. The van der Waals surface area contributed by atoms with Crippen LogP contribution in [0.15, 0.2) is 122 Å². The van der Waals surface area contributed by atoms with Crippen LogP contribution >= 0.6 is 8.25 Å². The molecular weight excluding hydrogens is 663 g/mol. The fourth-order valence-corrected chi connectivity index (χ4v) is 5.36. The molecule has 4 heterocycles. The van der Waals surface area contributed by atoms with Crippen LogP contribution in [0, 0.1) is 0 Å². The lowest BCUT2D eigenvalue weighted by Crippen LogP contribution is -2.31. The van der Waals surface area contributed by atoms with E-state index in [4.69, 9.17) is 9.05 Å². The predicted octanol–water partition coefficient (Wildman–Crippen LogP) is 4.78. The van der Waals surface area contributed by atoms with Crippen molar-refractivity contribution in [2.24, 2.45) is 0 Å². The van der Waals surface area contributed by atoms with Crippen LogP contribution in [0.1, 0.15) is 44.3 Å². The number of amides is 2. The topological polar surface area (TPSA) is 212 Å². The van der Waals surface area contributed by atoms with Gasteiger partial charge in [0.15, 0.2) is 24.1 Å². The number of pyridine rings is 2. The predicted molar refractivity (Wildman–Crippen MR) is 178 cm³/mol. The standard InChI is InChI=1S/C34H27N8O7P/c43-29-23(19-37-27(39-29)25-15-7-9-17-35-25)31(45)41-33(21-11-3-1-4-12-21)48-50(47)49-34(22-13-5-2-6-14-22)42-32(46)24-20-38-28(40-30(24)44)26-16-8-10-18-36-26/h1-20,33-34,50H,(H,41,45)(H,42,46)(H,37,39,43)(H,38,40,44). The molecule has 16 heteroatoms. The van der Waals surface area contributed by atoms with Crippen molar-refractivity contribution in [3.8, 4) is 34.8 Å². The highest BCUT2D eigenvalue weighted by Crippen LogP contribution is 2.37. The minimum Gasteiger partial charge on any atom is -0.493 e. The number of carbonyl (C=O) groups excluding carboxylic acids is 2. The summed E-state index contributed by atoms with van der Waals surface area (Å²) < 4.78 is 24.9. The third-order valence-corrected chi connectivity index (χ3v) is 7.83. The molecule has 0 saturated carbocycles. The molecule has 0 saturated heterocycles. The minimum atomic E-state index is -3.52. The quantitative estimate of drug-likeness (QED) is 0.101. The Kier molecular flexibility index (Phi) is 10.5. The summed E-state index contributed by atoms with van der Waals surface area (Å²) in [6.45, 7) is 0. The van der Waals surface area contributed by atoms with Crippen molar-refractivity contribution in [2.75, 3.05) is 0 Å². The molecule has 0 fully saturated rings. The van der Waals surface area contributed by atoms with Crippen molar-refractivity contribution >= 4 is 20.1 Å². The Bertz CT molecular complexity index is 1960. The summed E-state index contributed by atoms with van der Waals surface area (Å²) in [5.41, 5.74) is 1.01. The highest BCUT2D eigenvalue weighted by molar-refractivity contribution is 7.33. The van der Waals surface area contributed by atoms with E-state index >= 15 is 0 Å². The molecule has 0 radical (unpaired) electrons. The van der Waals surface area contributed by atoms with Gasteiger partial charge in [0.1, 0.15) is 22.5 Å². The summed E-state index contributed by atoms with van der Waals surface area (Å²) in [6, 6.07) is 26.8. The number of hydrogen-bond acceptors (Lipinski definition) is 13. The zero-order valence-electron chi connectivity index (χ0n) is 25.8. The van der Waals surface area contributed by atoms with Gasteiger partial charge < -0.3 is 20.8 Å². The van der Waals surface area contributed by atoms with Crippen LogP contribution in [0.5, 0.6) is 11.8 Å². The number of carbonyl (C=O) groups is 2. The maximum absolute atomic E-state index is 13.5. The zero-order chi connectivity index (χ0) is 34.9. The molecule has 15 nitrogen and oxygen atoms in total. The van der Waals surface area contributed by atoms with Crippen molar-refractivity contribution in [2.45, 2.75) is 12.5 Å². The van der Waals surface area contributed by atoms with E-state index in [0.717, 1.165) is 12.4 Å². The molecule has 6 rings (SSSR count). The maximum atomic E-state index is 13.5. The van der Waals surface area contributed by atoms with Crippen LogP contribution in [-0.4, -0.2) is 51.9 Å². The summed E-state index contributed by atoms with van der Waals surface area (Å²) in [6.07, 6.45) is 2.66. The second kappa shape index (κ2) is 15.7. The molecule has 250 valence electrons. The summed E-state index contributed by atoms with van der Waals surface area (Å²) >= 11 is 0. The molecule has 0 aliphatic carbocycles. The SMILES string of the molecule is O=C(NC(O[PH](=O)OC(NC(=O)c1cnc(-c2ccccn2)nc1O)c1ccccc1)c1ccccc1)c1cnc(-c2ccccn2)nc1O. The van der Waals surface area contributed by atoms with Crippen LogP contribution in [0.25, 0.3) is 23.0 Å². The van der Waals surface area contributed by atoms with Gasteiger partial charge in [0.25, 0.3) is 11.8 Å². The number of nitrogens with zero attached hydrogens (tertiary/aromatic N) is 6. The monoisotopic (exact) mass is 690 g/mol. The second-order valence-corrected chi connectivity index (χ2v) is 11.3. The Balaban J connectivity index is 1.19. The van der Waals surface area contributed by atoms with Crippen molar-refractivity contribution in [1.29, 1.82) is 0 Å². The molecule has 2 unspecified atom stereocenters. The number of nitrogens with one attached hydrogen (secondary N) is 2. The molecule has 2 atom stereocenters. The second-order valence-electron chi connectivity index (χ2n) is 10.3. The molecule has 2 amide bonds. The van der Waals surface area contributed by atoms with Crippen LogP contribution in [0.3, 0.4) is 0 Å². The largest absolute Gasteiger partial charge is 0.493 e. The van der Waals surface area contributed by atoms with E-state index in [1.54, 1.807) is 97.1 Å². The first-order valence-electron chi connectivity index (χ1n) is 14.9. The molecule has 0 aliphatic heterocycles. The number of rotatable bonds is 12. The van der Waals surface area contributed by atoms with Crippen molar-refractivity contribution in [1.82, 2.24) is 40.5 Å². The lowest BCUT2D eigenvalue weighted by Gasteiger charge is -2.23. The molecule has 50 heavy (non-hydrogen) atoms. The van der Waals surface area contributed by atoms with Gasteiger partial charge in [0.05, 0.1) is 0 Å². The molecule has 6 aromatic rings. The third-order valence-electron chi connectivity index (χ3n) is 6.97. The van der Waals surface area contributed by atoms with Gasteiger partial charge in [-0.3, -0.25) is 33.2 Å². The van der Waals surface area contributed by atoms with Crippen LogP contribution in [0.2, 0.25) is 0 Å². The fraction of sp³-hybridized carbons (Fsp3) is 0.0588. The number of aromatic hydroxyl groups is 2. The molecule has 0 bridgehead atoms. The molecule has 2 aromatic carbocycles. The Morgan fingerprint density at radius 1 is 0.580 bits per heavy atom. The van der Waals surface area contributed by atoms with Gasteiger partial charge in [-0.2, -0.15) is 9.97 Å². The number of benzene rings is 2. The zero-order valence-corrected chi connectivity index (χ0v) is 26.8. The van der Waals surface area contributed by atoms with Gasteiger partial charge >= 0.3 is 8.25 Å². The van der Waals surface area contributed by atoms with Crippen LogP contribution in [0.4, 0.5) is 0 Å². The molecular formula is C34H27N8O7P. The first-order valence-corrected chi connectivity index (χ1v) is 16.1. The van der Waals surface area contributed by atoms with E-state index in [0.29, 0.717) is 22.5 Å².